The number of carbonyl (C=O) groups is 1. The number of amides is 1. The van der Waals surface area contributed by atoms with Crippen molar-refractivity contribution in [1.82, 2.24) is 0 Å². The van der Waals surface area contributed by atoms with Gasteiger partial charge < -0.3 is 4.90 Å². The summed E-state index contributed by atoms with van der Waals surface area (Å²) < 4.78 is 0.771. The molecule has 0 fully saturated rings. The molecule has 2 aromatic carbocycles. The van der Waals surface area contributed by atoms with Gasteiger partial charge in [-0.05, 0) is 58.1 Å². The van der Waals surface area contributed by atoms with E-state index in [9.17, 15) is 4.79 Å². The van der Waals surface area contributed by atoms with Crippen molar-refractivity contribution in [2.24, 2.45) is 5.92 Å². The van der Waals surface area contributed by atoms with Crippen LogP contribution in [-0.4, -0.2) is 12.5 Å². The van der Waals surface area contributed by atoms with E-state index in [2.05, 4.69) is 28.9 Å². The molecule has 0 saturated carbocycles. The summed E-state index contributed by atoms with van der Waals surface area (Å²) in [6.45, 7) is 2.90. The van der Waals surface area contributed by atoms with Gasteiger partial charge in [0.05, 0.1) is 5.56 Å². The first kappa shape index (κ1) is 14.6. The van der Waals surface area contributed by atoms with Crippen LogP contribution in [0, 0.1) is 5.92 Å². The predicted octanol–water partition coefficient (Wildman–Crippen LogP) is 4.94. The minimum Gasteiger partial charge on any atom is -0.308 e. The Labute approximate surface area is 137 Å². The van der Waals surface area contributed by atoms with Crippen molar-refractivity contribution in [2.45, 2.75) is 13.3 Å². The topological polar surface area (TPSA) is 20.3 Å². The lowest BCUT2D eigenvalue weighted by molar-refractivity contribution is 0.0980. The smallest absolute Gasteiger partial charge is 0.259 e. The highest BCUT2D eigenvalue weighted by atomic mass is 79.9. The van der Waals surface area contributed by atoms with Gasteiger partial charge in [-0.15, -0.1) is 0 Å². The van der Waals surface area contributed by atoms with E-state index in [1.54, 1.807) is 12.1 Å². The van der Waals surface area contributed by atoms with E-state index in [4.69, 9.17) is 11.6 Å². The maximum atomic E-state index is 12.9. The minimum atomic E-state index is -0.0108. The van der Waals surface area contributed by atoms with E-state index in [0.29, 0.717) is 16.5 Å². The molecule has 1 amide bonds. The molecule has 0 bridgehead atoms. The molecule has 0 N–H and O–H groups in total. The lowest BCUT2D eigenvalue weighted by Crippen LogP contribution is -2.39. The van der Waals surface area contributed by atoms with E-state index >= 15 is 0 Å². The second-order valence-electron chi connectivity index (χ2n) is 5.48. The van der Waals surface area contributed by atoms with Crippen molar-refractivity contribution >= 4 is 39.1 Å². The van der Waals surface area contributed by atoms with Crippen LogP contribution in [0.4, 0.5) is 5.69 Å². The van der Waals surface area contributed by atoms with E-state index < -0.39 is 0 Å². The van der Waals surface area contributed by atoms with E-state index in [1.165, 1.54) is 5.56 Å². The van der Waals surface area contributed by atoms with Crippen molar-refractivity contribution in [2.75, 3.05) is 11.4 Å². The van der Waals surface area contributed by atoms with Crippen LogP contribution in [0.25, 0.3) is 0 Å². The largest absolute Gasteiger partial charge is 0.308 e. The summed E-state index contributed by atoms with van der Waals surface area (Å²) in [6, 6.07) is 13.4. The highest BCUT2D eigenvalue weighted by molar-refractivity contribution is 9.10. The van der Waals surface area contributed by atoms with Crippen LogP contribution in [0.2, 0.25) is 5.02 Å². The SMILES string of the molecule is CC1Cc2ccccc2N(C(=O)c2cc(Cl)ccc2Br)C1. The Balaban J connectivity index is 2.04. The highest BCUT2D eigenvalue weighted by Crippen LogP contribution is 2.32. The summed E-state index contributed by atoms with van der Waals surface area (Å²) in [4.78, 5) is 14.8. The molecule has 1 unspecified atom stereocenters. The average molecular weight is 365 g/mol. The molecule has 2 aromatic rings. The van der Waals surface area contributed by atoms with Gasteiger partial charge in [0.1, 0.15) is 0 Å². The fourth-order valence-electron chi connectivity index (χ4n) is 2.80. The number of benzene rings is 2. The van der Waals surface area contributed by atoms with Gasteiger partial charge in [-0.2, -0.15) is 0 Å². The Hall–Kier alpha value is -1.32. The lowest BCUT2D eigenvalue weighted by atomic mass is 9.93. The molecule has 108 valence electrons. The maximum absolute atomic E-state index is 12.9. The fraction of sp³-hybridized carbons (Fsp3) is 0.235. The van der Waals surface area contributed by atoms with Crippen LogP contribution in [0.3, 0.4) is 0 Å². The fourth-order valence-corrected chi connectivity index (χ4v) is 3.38. The molecule has 0 radical (unpaired) electrons. The Kier molecular flexibility index (Phi) is 4.05. The third-order valence-electron chi connectivity index (χ3n) is 3.75. The van der Waals surface area contributed by atoms with Gasteiger partial charge in [0.15, 0.2) is 0 Å². The number of para-hydroxylation sites is 1. The molecule has 0 aromatic heterocycles. The van der Waals surface area contributed by atoms with Gasteiger partial charge in [-0.3, -0.25) is 4.79 Å². The zero-order chi connectivity index (χ0) is 15.0. The van der Waals surface area contributed by atoms with Crippen LogP contribution in [0.15, 0.2) is 46.9 Å². The van der Waals surface area contributed by atoms with Crippen molar-refractivity contribution in [3.8, 4) is 0 Å². The molecular formula is C17H15BrClNO. The molecule has 21 heavy (non-hydrogen) atoms. The van der Waals surface area contributed by atoms with Gasteiger partial charge >= 0.3 is 0 Å². The van der Waals surface area contributed by atoms with E-state index in [-0.39, 0.29) is 5.91 Å². The number of rotatable bonds is 1. The van der Waals surface area contributed by atoms with Crippen molar-refractivity contribution < 1.29 is 4.79 Å². The molecule has 0 saturated heterocycles. The third kappa shape index (κ3) is 2.85. The highest BCUT2D eigenvalue weighted by Gasteiger charge is 2.27. The van der Waals surface area contributed by atoms with Crippen molar-refractivity contribution in [1.29, 1.82) is 0 Å². The second kappa shape index (κ2) is 5.82. The molecule has 4 heteroatoms. The Morgan fingerprint density at radius 3 is 2.86 bits per heavy atom. The standard InChI is InChI=1S/C17H15BrClNO/c1-11-8-12-4-2-3-5-16(12)20(10-11)17(21)14-9-13(19)6-7-15(14)18/h2-7,9,11H,8,10H2,1H3. The molecule has 1 heterocycles. The lowest BCUT2D eigenvalue weighted by Gasteiger charge is -2.33. The van der Waals surface area contributed by atoms with Gasteiger partial charge in [-0.1, -0.05) is 36.7 Å². The summed E-state index contributed by atoms with van der Waals surface area (Å²) in [5.41, 5.74) is 2.83. The molecule has 1 aliphatic rings. The van der Waals surface area contributed by atoms with Crippen LogP contribution < -0.4 is 4.90 Å². The molecular weight excluding hydrogens is 350 g/mol. The quantitative estimate of drug-likeness (QED) is 0.701. The number of hydrogen-bond donors (Lipinski definition) is 0. The van der Waals surface area contributed by atoms with E-state index in [0.717, 1.165) is 23.1 Å². The monoisotopic (exact) mass is 363 g/mol. The number of anilines is 1. The first-order valence-corrected chi connectivity index (χ1v) is 8.08. The Morgan fingerprint density at radius 2 is 2.05 bits per heavy atom. The van der Waals surface area contributed by atoms with Crippen LogP contribution in [0.5, 0.6) is 0 Å². The Bertz CT molecular complexity index is 701. The summed E-state index contributed by atoms with van der Waals surface area (Å²) in [7, 11) is 0. The number of halogens is 2. The summed E-state index contributed by atoms with van der Waals surface area (Å²) in [5, 5.41) is 0.569. The summed E-state index contributed by atoms with van der Waals surface area (Å²) >= 11 is 9.48. The minimum absolute atomic E-state index is 0.0108. The number of carbonyl (C=O) groups excluding carboxylic acids is 1. The average Bonchev–Trinajstić information content (AvgIpc) is 2.48. The molecule has 1 atom stereocenters. The summed E-state index contributed by atoms with van der Waals surface area (Å²) in [5.74, 6) is 0.435. The van der Waals surface area contributed by atoms with Gasteiger partial charge in [0.2, 0.25) is 0 Å². The van der Waals surface area contributed by atoms with Gasteiger partial charge in [0, 0.05) is 21.7 Å². The third-order valence-corrected chi connectivity index (χ3v) is 4.68. The van der Waals surface area contributed by atoms with Crippen LogP contribution in [-0.2, 0) is 6.42 Å². The normalized spacial score (nSPS) is 17.5. The molecule has 0 spiro atoms. The first-order chi connectivity index (χ1) is 10.1. The number of hydrogen-bond acceptors (Lipinski definition) is 1. The van der Waals surface area contributed by atoms with Crippen molar-refractivity contribution in [3.05, 3.63) is 63.1 Å². The van der Waals surface area contributed by atoms with Crippen molar-refractivity contribution in [3.63, 3.8) is 0 Å². The van der Waals surface area contributed by atoms with Gasteiger partial charge in [0.25, 0.3) is 5.91 Å². The van der Waals surface area contributed by atoms with E-state index in [1.807, 2.05) is 29.2 Å². The zero-order valence-corrected chi connectivity index (χ0v) is 14.0. The van der Waals surface area contributed by atoms with Crippen LogP contribution in [0.1, 0.15) is 22.8 Å². The zero-order valence-electron chi connectivity index (χ0n) is 11.6. The molecule has 2 nitrogen and oxygen atoms in total. The van der Waals surface area contributed by atoms with Gasteiger partial charge in [-0.25, -0.2) is 0 Å². The van der Waals surface area contributed by atoms with Crippen LogP contribution >= 0.6 is 27.5 Å². The second-order valence-corrected chi connectivity index (χ2v) is 6.77. The molecule has 1 aliphatic heterocycles. The summed E-state index contributed by atoms with van der Waals surface area (Å²) in [6.07, 6.45) is 1.01. The first-order valence-electron chi connectivity index (χ1n) is 6.91. The molecule has 3 rings (SSSR count). The molecule has 0 aliphatic carbocycles. The number of nitrogens with zero attached hydrogens (tertiary/aromatic N) is 1. The predicted molar refractivity (Wildman–Crippen MR) is 90.1 cm³/mol. The Morgan fingerprint density at radius 1 is 1.29 bits per heavy atom. The number of fused-ring (bicyclic) bond motifs is 1. The maximum Gasteiger partial charge on any atom is 0.259 e.